The van der Waals surface area contributed by atoms with Crippen molar-refractivity contribution in [3.8, 4) is 0 Å². The van der Waals surface area contributed by atoms with E-state index in [9.17, 15) is 9.59 Å². The molecule has 1 fully saturated rings. The maximum Gasteiger partial charge on any atom is 0.255 e. The number of aldehydes is 1. The van der Waals surface area contributed by atoms with Gasteiger partial charge in [-0.05, 0) is 25.6 Å². The minimum absolute atomic E-state index is 0.0290. The third-order valence-electron chi connectivity index (χ3n) is 2.91. The first kappa shape index (κ1) is 14.4. The molecule has 18 heavy (non-hydrogen) atoms. The summed E-state index contributed by atoms with van der Waals surface area (Å²) in [7, 11) is 3.78. The molecule has 5 heteroatoms. The molecule has 5 nitrogen and oxygen atoms in total. The molecule has 1 amide bonds. The quantitative estimate of drug-likeness (QED) is 0.434. The highest BCUT2D eigenvalue weighted by Gasteiger charge is 2.21. The molecule has 0 radical (unpaired) electrons. The third-order valence-corrected chi connectivity index (χ3v) is 2.91. The molecule has 100 valence electrons. The molecule has 0 unspecified atom stereocenters. The van der Waals surface area contributed by atoms with E-state index in [2.05, 4.69) is 10.2 Å². The van der Waals surface area contributed by atoms with Crippen molar-refractivity contribution in [3.63, 3.8) is 0 Å². The lowest BCUT2D eigenvalue weighted by atomic mass is 10.1. The number of piperazine rings is 1. The van der Waals surface area contributed by atoms with Crippen LogP contribution in [0.3, 0.4) is 0 Å². The van der Waals surface area contributed by atoms with Crippen LogP contribution >= 0.6 is 0 Å². The molecule has 0 atom stereocenters. The zero-order valence-electron chi connectivity index (χ0n) is 11.3. The summed E-state index contributed by atoms with van der Waals surface area (Å²) in [6.45, 7) is 4.91. The second-order valence-corrected chi connectivity index (χ2v) is 4.49. The Morgan fingerprint density at radius 3 is 2.33 bits per heavy atom. The van der Waals surface area contributed by atoms with E-state index in [0.717, 1.165) is 32.5 Å². The molecular weight excluding hydrogens is 230 g/mol. The largest absolute Gasteiger partial charge is 0.393 e. The van der Waals surface area contributed by atoms with E-state index in [1.807, 2.05) is 11.9 Å². The molecule has 1 saturated heterocycles. The smallest absolute Gasteiger partial charge is 0.255 e. The van der Waals surface area contributed by atoms with Gasteiger partial charge in [-0.15, -0.1) is 0 Å². The van der Waals surface area contributed by atoms with E-state index in [1.54, 1.807) is 26.2 Å². The lowest BCUT2D eigenvalue weighted by Gasteiger charge is -2.32. The predicted octanol–water partition coefficient (Wildman–Crippen LogP) is 0.00890. The van der Waals surface area contributed by atoms with Crippen molar-refractivity contribution in [1.82, 2.24) is 15.1 Å². The van der Waals surface area contributed by atoms with Gasteiger partial charge in [0, 0.05) is 39.4 Å². The van der Waals surface area contributed by atoms with Crippen LogP contribution in [-0.4, -0.2) is 62.3 Å². The molecule has 0 saturated carbocycles. The van der Waals surface area contributed by atoms with Gasteiger partial charge in [-0.1, -0.05) is 0 Å². The predicted molar refractivity (Wildman–Crippen MR) is 71.0 cm³/mol. The Kier molecular flexibility index (Phi) is 5.58. The topological polar surface area (TPSA) is 52.7 Å². The molecule has 0 aromatic rings. The van der Waals surface area contributed by atoms with Gasteiger partial charge in [0.2, 0.25) is 0 Å². The summed E-state index contributed by atoms with van der Waals surface area (Å²) in [5.74, 6) is -0.0290. The molecule has 0 aromatic heterocycles. The average Bonchev–Trinajstić information content (AvgIpc) is 2.38. The number of carbonyl (C=O) groups is 2. The molecule has 0 spiro atoms. The van der Waals surface area contributed by atoms with Gasteiger partial charge in [0.1, 0.15) is 6.29 Å². The molecular formula is C13H21N3O2. The van der Waals surface area contributed by atoms with Crippen LogP contribution in [0.5, 0.6) is 0 Å². The number of nitrogens with one attached hydrogen (secondary N) is 1. The molecule has 1 N–H and O–H groups in total. The number of nitrogens with zero attached hydrogens (tertiary/aromatic N) is 2. The van der Waals surface area contributed by atoms with Crippen molar-refractivity contribution >= 4 is 12.2 Å². The van der Waals surface area contributed by atoms with Crippen LogP contribution in [0.4, 0.5) is 0 Å². The Labute approximate surface area is 108 Å². The summed E-state index contributed by atoms with van der Waals surface area (Å²) in [5.41, 5.74) is 1.06. The summed E-state index contributed by atoms with van der Waals surface area (Å²) in [4.78, 5) is 26.9. The molecule has 0 bridgehead atoms. The highest BCUT2D eigenvalue weighted by atomic mass is 16.2. The number of carbonyl (C=O) groups excluding carboxylic acids is 2. The number of likely N-dealkylation sites (N-methyl/N-ethyl adjacent to an activating group) is 1. The fourth-order valence-corrected chi connectivity index (χ4v) is 1.79. The minimum Gasteiger partial charge on any atom is -0.393 e. The molecule has 0 aromatic carbocycles. The fourth-order valence-electron chi connectivity index (χ4n) is 1.79. The second-order valence-electron chi connectivity index (χ2n) is 4.49. The summed E-state index contributed by atoms with van der Waals surface area (Å²) in [6, 6.07) is 0. The van der Waals surface area contributed by atoms with Crippen molar-refractivity contribution in [1.29, 1.82) is 0 Å². The van der Waals surface area contributed by atoms with Crippen molar-refractivity contribution in [2.24, 2.45) is 0 Å². The number of amides is 1. The van der Waals surface area contributed by atoms with E-state index >= 15 is 0 Å². The van der Waals surface area contributed by atoms with Crippen LogP contribution in [0.15, 0.2) is 23.4 Å². The lowest BCUT2D eigenvalue weighted by molar-refractivity contribution is -0.128. The molecule has 1 aliphatic heterocycles. The summed E-state index contributed by atoms with van der Waals surface area (Å²) in [5, 5.41) is 2.85. The Bertz CT molecular complexity index is 366. The Morgan fingerprint density at radius 1 is 1.22 bits per heavy atom. The van der Waals surface area contributed by atoms with Crippen LogP contribution in [0.25, 0.3) is 0 Å². The van der Waals surface area contributed by atoms with Crippen LogP contribution in [0, 0.1) is 0 Å². The van der Waals surface area contributed by atoms with E-state index in [-0.39, 0.29) is 5.91 Å². The van der Waals surface area contributed by atoms with E-state index in [4.69, 9.17) is 0 Å². The number of rotatable bonds is 4. The number of hydrogen-bond donors (Lipinski definition) is 1. The Morgan fingerprint density at radius 2 is 1.83 bits per heavy atom. The normalized spacial score (nSPS) is 18.7. The van der Waals surface area contributed by atoms with E-state index in [1.165, 1.54) is 0 Å². The standard InChI is InChI=1S/C13H21N3O2/c1-11(10-17)8-12(9-14-2)13(18)16-6-4-15(3)5-7-16/h8-10,14H,4-7H2,1-3H3/b11-8-,12-9+. The van der Waals surface area contributed by atoms with Crippen molar-refractivity contribution in [2.45, 2.75) is 6.92 Å². The molecule has 1 rings (SSSR count). The Balaban J connectivity index is 2.78. The molecule has 0 aliphatic carbocycles. The molecule has 1 heterocycles. The van der Waals surface area contributed by atoms with Gasteiger partial charge in [-0.25, -0.2) is 0 Å². The van der Waals surface area contributed by atoms with Crippen LogP contribution in [0.1, 0.15) is 6.92 Å². The van der Waals surface area contributed by atoms with E-state index in [0.29, 0.717) is 11.1 Å². The summed E-state index contributed by atoms with van der Waals surface area (Å²) in [6.07, 6.45) is 4.00. The van der Waals surface area contributed by atoms with Gasteiger partial charge in [0.25, 0.3) is 5.91 Å². The van der Waals surface area contributed by atoms with Gasteiger partial charge in [0.15, 0.2) is 0 Å². The Hall–Kier alpha value is -1.62. The van der Waals surface area contributed by atoms with Crippen LogP contribution < -0.4 is 5.32 Å². The van der Waals surface area contributed by atoms with Gasteiger partial charge in [0.05, 0.1) is 5.57 Å². The highest BCUT2D eigenvalue weighted by molar-refractivity contribution is 5.97. The highest BCUT2D eigenvalue weighted by Crippen LogP contribution is 2.08. The van der Waals surface area contributed by atoms with Gasteiger partial charge >= 0.3 is 0 Å². The minimum atomic E-state index is -0.0290. The zero-order chi connectivity index (χ0) is 13.5. The summed E-state index contributed by atoms with van der Waals surface area (Å²) >= 11 is 0. The van der Waals surface area contributed by atoms with Gasteiger partial charge in [-0.3, -0.25) is 9.59 Å². The van der Waals surface area contributed by atoms with Crippen LogP contribution in [-0.2, 0) is 9.59 Å². The number of allylic oxidation sites excluding steroid dienone is 1. The number of hydrogen-bond acceptors (Lipinski definition) is 4. The summed E-state index contributed by atoms with van der Waals surface area (Å²) < 4.78 is 0. The first-order valence-electron chi connectivity index (χ1n) is 6.07. The second kappa shape index (κ2) is 6.96. The fraction of sp³-hybridized carbons (Fsp3) is 0.538. The van der Waals surface area contributed by atoms with Crippen molar-refractivity contribution in [3.05, 3.63) is 23.4 Å². The maximum absolute atomic E-state index is 12.3. The maximum atomic E-state index is 12.3. The zero-order valence-corrected chi connectivity index (χ0v) is 11.3. The van der Waals surface area contributed by atoms with Crippen molar-refractivity contribution < 1.29 is 9.59 Å². The van der Waals surface area contributed by atoms with Crippen molar-refractivity contribution in [2.75, 3.05) is 40.3 Å². The lowest BCUT2D eigenvalue weighted by Crippen LogP contribution is -2.47. The average molecular weight is 251 g/mol. The van der Waals surface area contributed by atoms with E-state index < -0.39 is 0 Å². The monoisotopic (exact) mass is 251 g/mol. The first-order valence-corrected chi connectivity index (χ1v) is 6.07. The van der Waals surface area contributed by atoms with Gasteiger partial charge in [-0.2, -0.15) is 0 Å². The molecule has 1 aliphatic rings. The van der Waals surface area contributed by atoms with Crippen LogP contribution in [0.2, 0.25) is 0 Å². The first-order chi connectivity index (χ1) is 8.58. The third kappa shape index (κ3) is 4.00. The van der Waals surface area contributed by atoms with Gasteiger partial charge < -0.3 is 15.1 Å². The SMILES string of the molecule is CN/C=C(\C=C(\C)C=O)C(=O)N1CCN(C)CC1.